The molecule has 1 aromatic heterocycles. The third kappa shape index (κ3) is 4.21. The van der Waals surface area contributed by atoms with E-state index >= 15 is 0 Å². The average Bonchev–Trinajstić information content (AvgIpc) is 3.18. The highest BCUT2D eigenvalue weighted by Crippen LogP contribution is 2.40. The number of rotatable bonds is 7. The van der Waals surface area contributed by atoms with Gasteiger partial charge in [0.1, 0.15) is 0 Å². The molecule has 8 heteroatoms. The first-order valence-electron chi connectivity index (χ1n) is 9.34. The van der Waals surface area contributed by atoms with Crippen molar-refractivity contribution in [3.63, 3.8) is 0 Å². The third-order valence-corrected chi connectivity index (χ3v) is 4.81. The van der Waals surface area contributed by atoms with Crippen molar-refractivity contribution in [2.45, 2.75) is 19.8 Å². The predicted molar refractivity (Wildman–Crippen MR) is 117 cm³/mol. The summed E-state index contributed by atoms with van der Waals surface area (Å²) in [7, 11) is 4.57. The zero-order valence-corrected chi connectivity index (χ0v) is 18.3. The van der Waals surface area contributed by atoms with E-state index in [1.165, 1.54) is 21.3 Å². The second-order valence-corrected chi connectivity index (χ2v) is 7.29. The minimum atomic E-state index is -0.291. The second kappa shape index (κ2) is 9.09. The van der Waals surface area contributed by atoms with Crippen LogP contribution in [0.3, 0.4) is 0 Å². The molecule has 0 aliphatic heterocycles. The lowest BCUT2D eigenvalue weighted by molar-refractivity contribution is 0.102. The SMILES string of the molecule is COc1cc(NC(=O)c2cnn(-c3cccc(Cl)c3)c2C(C)C)cc(OC)c1OC. The number of hydrogen-bond acceptors (Lipinski definition) is 5. The Hall–Kier alpha value is -3.19. The number of nitrogens with one attached hydrogen (secondary N) is 1. The van der Waals surface area contributed by atoms with Crippen molar-refractivity contribution in [2.24, 2.45) is 0 Å². The lowest BCUT2D eigenvalue weighted by atomic mass is 10.0. The van der Waals surface area contributed by atoms with Gasteiger partial charge in [-0.05, 0) is 24.1 Å². The summed E-state index contributed by atoms with van der Waals surface area (Å²) in [6.07, 6.45) is 1.56. The summed E-state index contributed by atoms with van der Waals surface area (Å²) in [5.41, 5.74) is 2.55. The van der Waals surface area contributed by atoms with Crippen molar-refractivity contribution in [1.82, 2.24) is 9.78 Å². The normalized spacial score (nSPS) is 10.8. The Balaban J connectivity index is 1.98. The molecule has 0 unspecified atom stereocenters. The van der Waals surface area contributed by atoms with E-state index in [0.29, 0.717) is 33.5 Å². The fourth-order valence-electron chi connectivity index (χ4n) is 3.25. The number of benzene rings is 2. The monoisotopic (exact) mass is 429 g/mol. The Bertz CT molecular complexity index is 1040. The molecule has 0 saturated heterocycles. The molecular weight excluding hydrogens is 406 g/mol. The van der Waals surface area contributed by atoms with Gasteiger partial charge in [0.15, 0.2) is 11.5 Å². The molecule has 3 aromatic rings. The van der Waals surface area contributed by atoms with Crippen LogP contribution < -0.4 is 19.5 Å². The van der Waals surface area contributed by atoms with E-state index in [4.69, 9.17) is 25.8 Å². The Morgan fingerprint density at radius 1 is 1.07 bits per heavy atom. The van der Waals surface area contributed by atoms with Gasteiger partial charge < -0.3 is 19.5 Å². The summed E-state index contributed by atoms with van der Waals surface area (Å²) in [6.45, 7) is 4.02. The van der Waals surface area contributed by atoms with Crippen LogP contribution in [0, 0.1) is 0 Å². The van der Waals surface area contributed by atoms with E-state index in [9.17, 15) is 4.79 Å². The predicted octanol–water partition coefficient (Wildman–Crippen LogP) is 4.93. The highest BCUT2D eigenvalue weighted by atomic mass is 35.5. The van der Waals surface area contributed by atoms with Crippen LogP contribution in [0.25, 0.3) is 5.69 Å². The molecular formula is C22H24ClN3O4. The fraction of sp³-hybridized carbons (Fsp3) is 0.273. The zero-order chi connectivity index (χ0) is 21.8. The summed E-state index contributed by atoms with van der Waals surface area (Å²) in [5.74, 6) is 1.11. The van der Waals surface area contributed by atoms with E-state index in [1.54, 1.807) is 35.1 Å². The van der Waals surface area contributed by atoms with Crippen LogP contribution in [0.5, 0.6) is 17.2 Å². The maximum absolute atomic E-state index is 13.1. The van der Waals surface area contributed by atoms with Crippen LogP contribution in [-0.2, 0) is 0 Å². The number of hydrogen-bond donors (Lipinski definition) is 1. The molecule has 0 spiro atoms. The topological polar surface area (TPSA) is 74.6 Å². The summed E-state index contributed by atoms with van der Waals surface area (Å²) < 4.78 is 17.8. The van der Waals surface area contributed by atoms with Gasteiger partial charge in [-0.1, -0.05) is 31.5 Å². The number of ether oxygens (including phenoxy) is 3. The Kier molecular flexibility index (Phi) is 6.52. The summed E-state index contributed by atoms with van der Waals surface area (Å²) in [4.78, 5) is 13.1. The van der Waals surface area contributed by atoms with Gasteiger partial charge in [0.05, 0.1) is 44.5 Å². The van der Waals surface area contributed by atoms with Crippen LogP contribution in [0.15, 0.2) is 42.6 Å². The number of nitrogens with zero attached hydrogens (tertiary/aromatic N) is 2. The molecule has 0 bridgehead atoms. The Labute approximate surface area is 180 Å². The smallest absolute Gasteiger partial charge is 0.259 e. The summed E-state index contributed by atoms with van der Waals surface area (Å²) >= 11 is 6.13. The average molecular weight is 430 g/mol. The quantitative estimate of drug-likeness (QED) is 0.576. The zero-order valence-electron chi connectivity index (χ0n) is 17.5. The van der Waals surface area contributed by atoms with Crippen molar-refractivity contribution in [2.75, 3.05) is 26.6 Å². The molecule has 158 valence electrons. The number of amides is 1. The number of carbonyl (C=O) groups is 1. The second-order valence-electron chi connectivity index (χ2n) is 6.86. The van der Waals surface area contributed by atoms with E-state index in [2.05, 4.69) is 10.4 Å². The molecule has 30 heavy (non-hydrogen) atoms. The molecule has 0 saturated carbocycles. The van der Waals surface area contributed by atoms with Crippen LogP contribution in [0.4, 0.5) is 5.69 Å². The van der Waals surface area contributed by atoms with Crippen LogP contribution >= 0.6 is 11.6 Å². The summed E-state index contributed by atoms with van der Waals surface area (Å²) in [6, 6.07) is 10.7. The molecule has 7 nitrogen and oxygen atoms in total. The lowest BCUT2D eigenvalue weighted by Crippen LogP contribution is -2.15. The summed E-state index contributed by atoms with van der Waals surface area (Å²) in [5, 5.41) is 7.93. The van der Waals surface area contributed by atoms with Gasteiger partial charge in [-0.25, -0.2) is 4.68 Å². The van der Waals surface area contributed by atoms with Crippen LogP contribution in [0.1, 0.15) is 35.8 Å². The van der Waals surface area contributed by atoms with E-state index < -0.39 is 0 Å². The van der Waals surface area contributed by atoms with Crippen LogP contribution in [0.2, 0.25) is 5.02 Å². The molecule has 0 atom stereocenters. The maximum atomic E-state index is 13.1. The van der Waals surface area contributed by atoms with Crippen molar-refractivity contribution in [3.05, 3.63) is 58.9 Å². The first-order chi connectivity index (χ1) is 14.4. The van der Waals surface area contributed by atoms with E-state index in [0.717, 1.165) is 11.4 Å². The van der Waals surface area contributed by atoms with Crippen molar-refractivity contribution in [1.29, 1.82) is 0 Å². The van der Waals surface area contributed by atoms with Gasteiger partial charge in [-0.3, -0.25) is 4.79 Å². The molecule has 3 rings (SSSR count). The van der Waals surface area contributed by atoms with Gasteiger partial charge >= 0.3 is 0 Å². The van der Waals surface area contributed by atoms with E-state index in [-0.39, 0.29) is 11.8 Å². The number of carbonyl (C=O) groups excluding carboxylic acids is 1. The molecule has 0 aliphatic rings. The molecule has 0 fully saturated rings. The Morgan fingerprint density at radius 2 is 1.73 bits per heavy atom. The standard InChI is InChI=1S/C22H24ClN3O4/c1-13(2)20-17(12-24-26(20)16-8-6-7-14(23)9-16)22(27)25-15-10-18(28-3)21(30-5)19(11-15)29-4/h6-13H,1-5H3,(H,25,27). The lowest BCUT2D eigenvalue weighted by Gasteiger charge is -2.15. The highest BCUT2D eigenvalue weighted by Gasteiger charge is 2.22. The largest absolute Gasteiger partial charge is 0.493 e. The molecule has 1 amide bonds. The van der Waals surface area contributed by atoms with Crippen LogP contribution in [-0.4, -0.2) is 37.0 Å². The first kappa shape index (κ1) is 21.5. The van der Waals surface area contributed by atoms with Crippen molar-refractivity contribution < 1.29 is 19.0 Å². The number of anilines is 1. The molecule has 0 radical (unpaired) electrons. The van der Waals surface area contributed by atoms with Crippen molar-refractivity contribution >= 4 is 23.2 Å². The van der Waals surface area contributed by atoms with Gasteiger partial charge in [0.2, 0.25) is 5.75 Å². The molecule has 1 heterocycles. The third-order valence-electron chi connectivity index (χ3n) is 4.57. The van der Waals surface area contributed by atoms with Gasteiger partial charge in [0, 0.05) is 22.8 Å². The molecule has 1 N–H and O–H groups in total. The Morgan fingerprint density at radius 3 is 2.27 bits per heavy atom. The molecule has 0 aliphatic carbocycles. The van der Waals surface area contributed by atoms with Gasteiger partial charge in [0.25, 0.3) is 5.91 Å². The molecule has 2 aromatic carbocycles. The fourth-order valence-corrected chi connectivity index (χ4v) is 3.44. The van der Waals surface area contributed by atoms with Gasteiger partial charge in [-0.2, -0.15) is 5.10 Å². The number of methoxy groups -OCH3 is 3. The number of aromatic nitrogens is 2. The number of halogens is 1. The minimum Gasteiger partial charge on any atom is -0.493 e. The van der Waals surface area contributed by atoms with E-state index in [1.807, 2.05) is 26.0 Å². The highest BCUT2D eigenvalue weighted by molar-refractivity contribution is 6.30. The van der Waals surface area contributed by atoms with Gasteiger partial charge in [-0.15, -0.1) is 0 Å². The first-order valence-corrected chi connectivity index (χ1v) is 9.72. The minimum absolute atomic E-state index is 0.0483. The maximum Gasteiger partial charge on any atom is 0.259 e. The van der Waals surface area contributed by atoms with Crippen molar-refractivity contribution in [3.8, 4) is 22.9 Å².